The number of hydrogen-bond donors (Lipinski definition) is 1. The van der Waals surface area contributed by atoms with Crippen LogP contribution < -0.4 is 5.32 Å². The lowest BCUT2D eigenvalue weighted by Gasteiger charge is -2.16. The summed E-state index contributed by atoms with van der Waals surface area (Å²) in [5.74, 6) is 0.572. The van der Waals surface area contributed by atoms with Crippen LogP contribution in [-0.4, -0.2) is 11.5 Å². The Balaban J connectivity index is 2.19. The fourth-order valence-electron chi connectivity index (χ4n) is 2.27. The number of pyridine rings is 1. The van der Waals surface area contributed by atoms with Crippen LogP contribution in [0.15, 0.2) is 52.5 Å². The highest BCUT2D eigenvalue weighted by molar-refractivity contribution is 7.99. The predicted octanol–water partition coefficient (Wildman–Crippen LogP) is 5.03. The molecule has 0 bridgehead atoms. The molecule has 3 heteroatoms. The SMILES string of the molecule is CCNC(C)c1cccnc1Sc1ccc(C(C)C)cc1. The maximum absolute atomic E-state index is 4.56. The molecule has 0 aliphatic heterocycles. The van der Waals surface area contributed by atoms with Gasteiger partial charge in [0, 0.05) is 22.7 Å². The van der Waals surface area contributed by atoms with Gasteiger partial charge in [0.25, 0.3) is 0 Å². The third kappa shape index (κ3) is 4.32. The maximum Gasteiger partial charge on any atom is 0.105 e. The maximum atomic E-state index is 4.56. The van der Waals surface area contributed by atoms with Gasteiger partial charge < -0.3 is 5.32 Å². The van der Waals surface area contributed by atoms with Crippen LogP contribution in [0.4, 0.5) is 0 Å². The highest BCUT2D eigenvalue weighted by Gasteiger charge is 2.11. The molecule has 0 spiro atoms. The molecule has 1 atom stereocenters. The third-order valence-electron chi connectivity index (χ3n) is 3.54. The van der Waals surface area contributed by atoms with E-state index in [1.807, 2.05) is 12.3 Å². The number of nitrogens with zero attached hydrogens (tertiary/aromatic N) is 1. The van der Waals surface area contributed by atoms with Crippen molar-refractivity contribution >= 4 is 11.8 Å². The van der Waals surface area contributed by atoms with Gasteiger partial charge in [0.1, 0.15) is 5.03 Å². The van der Waals surface area contributed by atoms with E-state index in [9.17, 15) is 0 Å². The van der Waals surface area contributed by atoms with Crippen LogP contribution >= 0.6 is 11.8 Å². The molecule has 2 rings (SSSR count). The van der Waals surface area contributed by atoms with Crippen molar-refractivity contribution in [2.75, 3.05) is 6.54 Å². The summed E-state index contributed by atoms with van der Waals surface area (Å²) in [4.78, 5) is 5.80. The Morgan fingerprint density at radius 1 is 1.10 bits per heavy atom. The van der Waals surface area contributed by atoms with Crippen molar-refractivity contribution in [3.05, 3.63) is 53.7 Å². The molecule has 112 valence electrons. The van der Waals surface area contributed by atoms with Crippen molar-refractivity contribution in [2.45, 2.75) is 49.6 Å². The van der Waals surface area contributed by atoms with Crippen LogP contribution in [0.5, 0.6) is 0 Å². The molecular weight excluding hydrogens is 276 g/mol. The average molecular weight is 300 g/mol. The monoisotopic (exact) mass is 300 g/mol. The van der Waals surface area contributed by atoms with Gasteiger partial charge in [-0.2, -0.15) is 0 Å². The number of benzene rings is 1. The molecule has 0 radical (unpaired) electrons. The molecule has 0 fully saturated rings. The van der Waals surface area contributed by atoms with E-state index in [1.54, 1.807) is 11.8 Å². The zero-order chi connectivity index (χ0) is 15.2. The normalized spacial score (nSPS) is 12.6. The standard InChI is InChI=1S/C18H24N2S/c1-5-19-14(4)17-7-6-12-20-18(17)21-16-10-8-15(9-11-16)13(2)3/h6-14,19H,5H2,1-4H3. The van der Waals surface area contributed by atoms with Crippen LogP contribution in [0.25, 0.3) is 0 Å². The zero-order valence-electron chi connectivity index (χ0n) is 13.3. The molecule has 0 amide bonds. The van der Waals surface area contributed by atoms with Crippen LogP contribution in [0, 0.1) is 0 Å². The summed E-state index contributed by atoms with van der Waals surface area (Å²) in [6, 6.07) is 13.3. The molecule has 1 N–H and O–H groups in total. The zero-order valence-corrected chi connectivity index (χ0v) is 14.1. The fourth-order valence-corrected chi connectivity index (χ4v) is 3.24. The van der Waals surface area contributed by atoms with Gasteiger partial charge in [0.2, 0.25) is 0 Å². The molecule has 2 nitrogen and oxygen atoms in total. The molecule has 0 aliphatic rings. The van der Waals surface area contributed by atoms with Crippen LogP contribution in [0.1, 0.15) is 50.8 Å². The molecule has 1 aromatic carbocycles. The van der Waals surface area contributed by atoms with Crippen molar-refractivity contribution in [3.63, 3.8) is 0 Å². The highest BCUT2D eigenvalue weighted by Crippen LogP contribution is 2.32. The van der Waals surface area contributed by atoms with Crippen molar-refractivity contribution in [1.29, 1.82) is 0 Å². The first kappa shape index (κ1) is 16.1. The lowest BCUT2D eigenvalue weighted by molar-refractivity contribution is 0.585. The minimum atomic E-state index is 0.320. The van der Waals surface area contributed by atoms with Crippen LogP contribution in [0.3, 0.4) is 0 Å². The topological polar surface area (TPSA) is 24.9 Å². The van der Waals surface area contributed by atoms with E-state index in [2.05, 4.69) is 68.3 Å². The summed E-state index contributed by atoms with van der Waals surface area (Å²) in [5, 5.41) is 4.54. The molecule has 0 aliphatic carbocycles. The first-order chi connectivity index (χ1) is 10.1. The largest absolute Gasteiger partial charge is 0.310 e. The first-order valence-corrected chi connectivity index (χ1v) is 8.39. The quantitative estimate of drug-likeness (QED) is 0.810. The van der Waals surface area contributed by atoms with Crippen LogP contribution in [-0.2, 0) is 0 Å². The van der Waals surface area contributed by atoms with Crippen molar-refractivity contribution < 1.29 is 0 Å². The van der Waals surface area contributed by atoms with Crippen molar-refractivity contribution in [1.82, 2.24) is 10.3 Å². The minimum absolute atomic E-state index is 0.320. The summed E-state index contributed by atoms with van der Waals surface area (Å²) in [7, 11) is 0. The smallest absolute Gasteiger partial charge is 0.105 e. The summed E-state index contributed by atoms with van der Waals surface area (Å²) < 4.78 is 0. The highest BCUT2D eigenvalue weighted by atomic mass is 32.2. The van der Waals surface area contributed by atoms with E-state index in [4.69, 9.17) is 0 Å². The second-order valence-electron chi connectivity index (χ2n) is 5.50. The number of nitrogens with one attached hydrogen (secondary N) is 1. The van der Waals surface area contributed by atoms with Crippen LogP contribution in [0.2, 0.25) is 0 Å². The van der Waals surface area contributed by atoms with Crippen molar-refractivity contribution in [2.24, 2.45) is 0 Å². The van der Waals surface area contributed by atoms with Gasteiger partial charge in [-0.1, -0.05) is 50.7 Å². The Morgan fingerprint density at radius 3 is 2.43 bits per heavy atom. The number of aromatic nitrogens is 1. The van der Waals surface area contributed by atoms with E-state index in [0.717, 1.165) is 11.6 Å². The summed E-state index contributed by atoms with van der Waals surface area (Å²) in [6.45, 7) is 9.72. The van der Waals surface area contributed by atoms with Gasteiger partial charge in [-0.25, -0.2) is 4.98 Å². The Morgan fingerprint density at radius 2 is 1.81 bits per heavy atom. The van der Waals surface area contributed by atoms with Gasteiger partial charge in [-0.15, -0.1) is 0 Å². The van der Waals surface area contributed by atoms with E-state index in [1.165, 1.54) is 16.0 Å². The minimum Gasteiger partial charge on any atom is -0.310 e. The van der Waals surface area contributed by atoms with Gasteiger partial charge in [-0.05, 0) is 43.1 Å². The lowest BCUT2D eigenvalue weighted by atomic mass is 10.0. The molecule has 1 unspecified atom stereocenters. The average Bonchev–Trinajstić information content (AvgIpc) is 2.48. The number of hydrogen-bond acceptors (Lipinski definition) is 3. The molecule has 1 heterocycles. The van der Waals surface area contributed by atoms with Gasteiger partial charge in [0.15, 0.2) is 0 Å². The van der Waals surface area contributed by atoms with E-state index in [-0.39, 0.29) is 0 Å². The van der Waals surface area contributed by atoms with E-state index >= 15 is 0 Å². The van der Waals surface area contributed by atoms with Gasteiger partial charge in [0.05, 0.1) is 0 Å². The van der Waals surface area contributed by atoms with Gasteiger partial charge >= 0.3 is 0 Å². The van der Waals surface area contributed by atoms with E-state index in [0.29, 0.717) is 12.0 Å². The molecule has 2 aromatic rings. The number of rotatable bonds is 6. The van der Waals surface area contributed by atoms with Crippen molar-refractivity contribution in [3.8, 4) is 0 Å². The molecule has 21 heavy (non-hydrogen) atoms. The Labute approximate surface area is 132 Å². The molecule has 0 saturated carbocycles. The second-order valence-corrected chi connectivity index (χ2v) is 6.57. The Bertz CT molecular complexity index is 564. The molecular formula is C18H24N2S. The molecule has 0 saturated heterocycles. The Hall–Kier alpha value is -1.32. The summed E-state index contributed by atoms with van der Waals surface area (Å²) in [6.07, 6.45) is 1.87. The van der Waals surface area contributed by atoms with E-state index < -0.39 is 0 Å². The molecule has 1 aromatic heterocycles. The fraction of sp³-hybridized carbons (Fsp3) is 0.389. The summed E-state index contributed by atoms with van der Waals surface area (Å²) in [5.41, 5.74) is 2.64. The summed E-state index contributed by atoms with van der Waals surface area (Å²) >= 11 is 1.74. The first-order valence-electron chi connectivity index (χ1n) is 7.58. The lowest BCUT2D eigenvalue weighted by Crippen LogP contribution is -2.18. The predicted molar refractivity (Wildman–Crippen MR) is 91.0 cm³/mol. The van der Waals surface area contributed by atoms with Gasteiger partial charge in [-0.3, -0.25) is 0 Å². The third-order valence-corrected chi connectivity index (χ3v) is 4.58. The Kier molecular flexibility index (Phi) is 5.83. The second kappa shape index (κ2) is 7.62.